The number of hydrogen-bond donors (Lipinski definition) is 2. The molecule has 0 bridgehead atoms. The number of carboxylic acids is 1. The number of carboxylic acid groups (broad SMARTS) is 1. The van der Waals surface area contributed by atoms with Crippen LogP contribution in [-0.2, 0) is 9.59 Å². The standard InChI is InChI=1S/C13H17FN2O3/c1-16(8-4-7-13(18)19)9-12(17)15-11-6-3-2-5-10(11)14/h2-3,5-6H,4,7-9H2,1H3,(H,15,17)(H,18,19). The van der Waals surface area contributed by atoms with Gasteiger partial charge in [-0.05, 0) is 32.1 Å². The lowest BCUT2D eigenvalue weighted by atomic mass is 10.3. The number of rotatable bonds is 7. The van der Waals surface area contributed by atoms with Gasteiger partial charge in [0.05, 0.1) is 12.2 Å². The minimum atomic E-state index is -0.857. The Bertz CT molecular complexity index is 451. The molecule has 1 aromatic carbocycles. The summed E-state index contributed by atoms with van der Waals surface area (Å²) < 4.78 is 13.3. The summed E-state index contributed by atoms with van der Waals surface area (Å²) >= 11 is 0. The molecule has 0 aliphatic heterocycles. The molecule has 0 aliphatic rings. The second-order valence-corrected chi connectivity index (χ2v) is 4.26. The first-order valence-corrected chi connectivity index (χ1v) is 5.93. The van der Waals surface area contributed by atoms with E-state index in [2.05, 4.69) is 5.32 Å². The van der Waals surface area contributed by atoms with Gasteiger partial charge < -0.3 is 10.4 Å². The number of benzene rings is 1. The molecule has 0 saturated heterocycles. The van der Waals surface area contributed by atoms with Crippen molar-refractivity contribution in [1.82, 2.24) is 4.90 Å². The van der Waals surface area contributed by atoms with Crippen LogP contribution in [0.3, 0.4) is 0 Å². The highest BCUT2D eigenvalue weighted by atomic mass is 19.1. The van der Waals surface area contributed by atoms with Crippen LogP contribution in [0, 0.1) is 5.82 Å². The summed E-state index contributed by atoms with van der Waals surface area (Å²) in [6.07, 6.45) is 0.540. The van der Waals surface area contributed by atoms with Crippen LogP contribution in [0.25, 0.3) is 0 Å². The summed E-state index contributed by atoms with van der Waals surface area (Å²) in [7, 11) is 1.71. The monoisotopic (exact) mass is 268 g/mol. The number of nitrogens with one attached hydrogen (secondary N) is 1. The number of para-hydroxylation sites is 1. The van der Waals surface area contributed by atoms with Crippen molar-refractivity contribution in [3.8, 4) is 0 Å². The second kappa shape index (κ2) is 7.48. The van der Waals surface area contributed by atoms with Crippen molar-refractivity contribution in [2.45, 2.75) is 12.8 Å². The van der Waals surface area contributed by atoms with Gasteiger partial charge in [-0.2, -0.15) is 0 Å². The van der Waals surface area contributed by atoms with E-state index in [-0.39, 0.29) is 24.6 Å². The van der Waals surface area contributed by atoms with Crippen molar-refractivity contribution < 1.29 is 19.1 Å². The largest absolute Gasteiger partial charge is 0.481 e. The summed E-state index contributed by atoms with van der Waals surface area (Å²) in [5, 5.41) is 11.0. The molecule has 0 atom stereocenters. The van der Waals surface area contributed by atoms with Crippen molar-refractivity contribution in [3.63, 3.8) is 0 Å². The van der Waals surface area contributed by atoms with Gasteiger partial charge in [-0.15, -0.1) is 0 Å². The van der Waals surface area contributed by atoms with Crippen molar-refractivity contribution in [1.29, 1.82) is 0 Å². The first-order chi connectivity index (χ1) is 8.99. The summed E-state index contributed by atoms with van der Waals surface area (Å²) in [4.78, 5) is 23.7. The first kappa shape index (κ1) is 15.1. The molecule has 0 aromatic heterocycles. The molecule has 0 spiro atoms. The lowest BCUT2D eigenvalue weighted by Crippen LogP contribution is -2.31. The molecule has 5 nitrogen and oxygen atoms in total. The number of carbonyl (C=O) groups is 2. The van der Waals surface area contributed by atoms with Gasteiger partial charge in [0.25, 0.3) is 0 Å². The van der Waals surface area contributed by atoms with E-state index in [0.717, 1.165) is 0 Å². The van der Waals surface area contributed by atoms with Crippen LogP contribution in [0.2, 0.25) is 0 Å². The predicted molar refractivity (Wildman–Crippen MR) is 69.4 cm³/mol. The molecule has 0 saturated carbocycles. The molecule has 0 heterocycles. The fourth-order valence-electron chi connectivity index (χ4n) is 1.58. The van der Waals surface area contributed by atoms with Crippen molar-refractivity contribution >= 4 is 17.6 Å². The number of anilines is 1. The van der Waals surface area contributed by atoms with Gasteiger partial charge in [-0.25, -0.2) is 4.39 Å². The van der Waals surface area contributed by atoms with Gasteiger partial charge in [0, 0.05) is 6.42 Å². The quantitative estimate of drug-likeness (QED) is 0.787. The van der Waals surface area contributed by atoms with Crippen LogP contribution in [0.5, 0.6) is 0 Å². The van der Waals surface area contributed by atoms with Crippen LogP contribution in [0.4, 0.5) is 10.1 Å². The third-order valence-electron chi connectivity index (χ3n) is 2.49. The van der Waals surface area contributed by atoms with E-state index < -0.39 is 11.8 Å². The zero-order valence-corrected chi connectivity index (χ0v) is 10.7. The fraction of sp³-hybridized carbons (Fsp3) is 0.385. The van der Waals surface area contributed by atoms with Gasteiger partial charge in [-0.1, -0.05) is 12.1 Å². The predicted octanol–water partition coefficient (Wildman–Crippen LogP) is 1.56. The second-order valence-electron chi connectivity index (χ2n) is 4.26. The Morgan fingerprint density at radius 2 is 2.05 bits per heavy atom. The van der Waals surface area contributed by atoms with E-state index in [1.165, 1.54) is 12.1 Å². The van der Waals surface area contributed by atoms with E-state index >= 15 is 0 Å². The van der Waals surface area contributed by atoms with E-state index in [0.29, 0.717) is 13.0 Å². The topological polar surface area (TPSA) is 69.6 Å². The normalized spacial score (nSPS) is 10.5. The third kappa shape index (κ3) is 5.96. The Kier molecular flexibility index (Phi) is 5.95. The van der Waals surface area contributed by atoms with Crippen LogP contribution in [0.1, 0.15) is 12.8 Å². The maximum absolute atomic E-state index is 13.3. The molecule has 6 heteroatoms. The number of aliphatic carboxylic acids is 1. The summed E-state index contributed by atoms with van der Waals surface area (Å²) in [5.41, 5.74) is 0.145. The number of amides is 1. The van der Waals surface area contributed by atoms with E-state index in [1.807, 2.05) is 0 Å². The highest BCUT2D eigenvalue weighted by molar-refractivity contribution is 5.92. The number of halogens is 1. The molecule has 1 aromatic rings. The molecule has 19 heavy (non-hydrogen) atoms. The average Bonchev–Trinajstić information content (AvgIpc) is 2.31. The molecule has 0 fully saturated rings. The van der Waals surface area contributed by atoms with Crippen LogP contribution in [-0.4, -0.2) is 42.0 Å². The molecule has 1 rings (SSSR count). The lowest BCUT2D eigenvalue weighted by Gasteiger charge is -2.15. The lowest BCUT2D eigenvalue weighted by molar-refractivity contribution is -0.137. The maximum atomic E-state index is 13.3. The highest BCUT2D eigenvalue weighted by Gasteiger charge is 2.09. The van der Waals surface area contributed by atoms with Crippen molar-refractivity contribution in [2.75, 3.05) is 25.5 Å². The van der Waals surface area contributed by atoms with Crippen LogP contribution >= 0.6 is 0 Å². The van der Waals surface area contributed by atoms with E-state index in [9.17, 15) is 14.0 Å². The van der Waals surface area contributed by atoms with Crippen molar-refractivity contribution in [3.05, 3.63) is 30.1 Å². The van der Waals surface area contributed by atoms with Gasteiger partial charge in [-0.3, -0.25) is 14.5 Å². The zero-order chi connectivity index (χ0) is 14.3. The van der Waals surface area contributed by atoms with Crippen LogP contribution < -0.4 is 5.32 Å². The number of nitrogens with zero attached hydrogens (tertiary/aromatic N) is 1. The molecule has 0 aliphatic carbocycles. The summed E-state index contributed by atoms with van der Waals surface area (Å²) in [6, 6.07) is 5.93. The zero-order valence-electron chi connectivity index (χ0n) is 10.7. The number of likely N-dealkylation sites (N-methyl/N-ethyl adjacent to an activating group) is 1. The molecule has 1 amide bonds. The van der Waals surface area contributed by atoms with E-state index in [1.54, 1.807) is 24.1 Å². The fourth-order valence-corrected chi connectivity index (χ4v) is 1.58. The summed E-state index contributed by atoms with van der Waals surface area (Å²) in [6.45, 7) is 0.588. The van der Waals surface area contributed by atoms with Crippen molar-refractivity contribution in [2.24, 2.45) is 0 Å². The molecule has 104 valence electrons. The highest BCUT2D eigenvalue weighted by Crippen LogP contribution is 2.12. The van der Waals surface area contributed by atoms with E-state index in [4.69, 9.17) is 5.11 Å². The Morgan fingerprint density at radius 3 is 2.68 bits per heavy atom. The molecular weight excluding hydrogens is 251 g/mol. The Labute approximate surface area is 111 Å². The first-order valence-electron chi connectivity index (χ1n) is 5.93. The maximum Gasteiger partial charge on any atom is 0.303 e. The Morgan fingerprint density at radius 1 is 1.37 bits per heavy atom. The number of carbonyl (C=O) groups excluding carboxylic acids is 1. The van der Waals surface area contributed by atoms with Gasteiger partial charge in [0.1, 0.15) is 5.82 Å². The third-order valence-corrected chi connectivity index (χ3v) is 2.49. The van der Waals surface area contributed by atoms with Gasteiger partial charge in [0.15, 0.2) is 0 Å². The minimum Gasteiger partial charge on any atom is -0.481 e. The SMILES string of the molecule is CN(CCCC(=O)O)CC(=O)Nc1ccccc1F. The smallest absolute Gasteiger partial charge is 0.303 e. The molecule has 2 N–H and O–H groups in total. The van der Waals surface area contributed by atoms with Gasteiger partial charge in [0.2, 0.25) is 5.91 Å². The summed E-state index contributed by atoms with van der Waals surface area (Å²) in [5.74, 6) is -1.67. The Balaban J connectivity index is 2.35. The minimum absolute atomic E-state index is 0.0687. The van der Waals surface area contributed by atoms with Crippen LogP contribution in [0.15, 0.2) is 24.3 Å². The molecule has 0 radical (unpaired) electrons. The molecule has 0 unspecified atom stereocenters. The van der Waals surface area contributed by atoms with Gasteiger partial charge >= 0.3 is 5.97 Å². The Hall–Kier alpha value is -1.95. The average molecular weight is 268 g/mol. The molecular formula is C13H17FN2O3. The number of hydrogen-bond acceptors (Lipinski definition) is 3.